The number of aromatic nitrogens is 2. The number of nitrogens with zero attached hydrogens (tertiary/aromatic N) is 3. The fourth-order valence-corrected chi connectivity index (χ4v) is 3.31. The average Bonchev–Trinajstić information content (AvgIpc) is 2.94. The quantitative estimate of drug-likeness (QED) is 0.370. The van der Waals surface area contributed by atoms with Crippen LogP contribution in [0.25, 0.3) is 10.2 Å². The summed E-state index contributed by atoms with van der Waals surface area (Å²) in [5.74, 6) is 0. The van der Waals surface area contributed by atoms with Crippen molar-refractivity contribution in [2.24, 2.45) is 0 Å². The minimum atomic E-state index is -4.75. The van der Waals surface area contributed by atoms with E-state index in [-0.39, 0.29) is 11.3 Å². The molecular weight excluding hydrogens is 555 g/mol. The SMILES string of the molecule is N#Cc1nn(-c2c(Cl)cc(C(F)(F)F)cc2Cl)cc1C(Br)=C(Br)C(F)(F)F. The molecule has 0 atom stereocenters. The van der Waals surface area contributed by atoms with E-state index in [9.17, 15) is 26.3 Å². The number of alkyl halides is 6. The summed E-state index contributed by atoms with van der Waals surface area (Å²) in [6.07, 6.45) is -8.48. The first kappa shape index (κ1) is 22.1. The number of hydrogen-bond donors (Lipinski definition) is 0. The molecular formula is C14H3Br2Cl2F6N3. The number of allylic oxidation sites excluding steroid dienone is 1. The Kier molecular flexibility index (Phi) is 6.26. The fourth-order valence-electron chi connectivity index (χ4n) is 1.92. The summed E-state index contributed by atoms with van der Waals surface area (Å²) < 4.78 is 76.0. The van der Waals surface area contributed by atoms with Gasteiger partial charge in [-0.05, 0) is 44.0 Å². The molecule has 2 rings (SSSR count). The number of hydrogen-bond acceptors (Lipinski definition) is 2. The molecule has 0 unspecified atom stereocenters. The molecule has 0 bridgehead atoms. The second-order valence-corrected chi connectivity index (χ2v) is 7.26. The van der Waals surface area contributed by atoms with Crippen LogP contribution in [-0.2, 0) is 6.18 Å². The van der Waals surface area contributed by atoms with Crippen LogP contribution in [0.5, 0.6) is 0 Å². The average molecular weight is 558 g/mol. The molecule has 1 heterocycles. The molecule has 0 fully saturated rings. The van der Waals surface area contributed by atoms with Crippen LogP contribution in [0.15, 0.2) is 22.8 Å². The second-order valence-electron chi connectivity index (χ2n) is 4.86. The molecule has 3 nitrogen and oxygen atoms in total. The van der Waals surface area contributed by atoms with Gasteiger partial charge < -0.3 is 0 Å². The van der Waals surface area contributed by atoms with Gasteiger partial charge in [0.2, 0.25) is 0 Å². The van der Waals surface area contributed by atoms with Gasteiger partial charge in [0.25, 0.3) is 0 Å². The van der Waals surface area contributed by atoms with Crippen LogP contribution < -0.4 is 0 Å². The highest BCUT2D eigenvalue weighted by Gasteiger charge is 2.36. The van der Waals surface area contributed by atoms with Gasteiger partial charge in [0.1, 0.15) is 16.2 Å². The normalized spacial score (nSPS) is 13.4. The first-order chi connectivity index (χ1) is 12.3. The molecule has 27 heavy (non-hydrogen) atoms. The van der Waals surface area contributed by atoms with E-state index in [0.717, 1.165) is 10.9 Å². The number of halogens is 10. The monoisotopic (exact) mass is 555 g/mol. The van der Waals surface area contributed by atoms with Crippen molar-refractivity contribution in [3.8, 4) is 11.8 Å². The molecule has 0 saturated heterocycles. The van der Waals surface area contributed by atoms with Crippen LogP contribution >= 0.6 is 55.1 Å². The van der Waals surface area contributed by atoms with Crippen molar-refractivity contribution < 1.29 is 26.3 Å². The highest BCUT2D eigenvalue weighted by Crippen LogP contribution is 2.42. The van der Waals surface area contributed by atoms with E-state index in [4.69, 9.17) is 28.5 Å². The predicted octanol–water partition coefficient (Wildman–Crippen LogP) is 7.09. The van der Waals surface area contributed by atoms with E-state index in [1.54, 1.807) is 6.07 Å². The van der Waals surface area contributed by atoms with Crippen molar-refractivity contribution in [3.05, 3.63) is 49.7 Å². The highest BCUT2D eigenvalue weighted by molar-refractivity contribution is 9.16. The molecule has 1 aromatic heterocycles. The third kappa shape index (κ3) is 4.62. The molecule has 0 radical (unpaired) electrons. The lowest BCUT2D eigenvalue weighted by Crippen LogP contribution is -2.07. The lowest BCUT2D eigenvalue weighted by molar-refractivity contribution is -0.137. The van der Waals surface area contributed by atoms with E-state index < -0.39 is 42.6 Å². The van der Waals surface area contributed by atoms with E-state index >= 15 is 0 Å². The van der Waals surface area contributed by atoms with Crippen LogP contribution in [0.2, 0.25) is 10.0 Å². The van der Waals surface area contributed by atoms with Gasteiger partial charge in [-0.15, -0.1) is 0 Å². The number of benzene rings is 1. The molecule has 1 aromatic carbocycles. The molecule has 0 N–H and O–H groups in total. The third-order valence-corrected chi connectivity index (χ3v) is 5.85. The minimum Gasteiger partial charge on any atom is -0.236 e. The van der Waals surface area contributed by atoms with Crippen molar-refractivity contribution >= 4 is 59.5 Å². The highest BCUT2D eigenvalue weighted by atomic mass is 79.9. The minimum absolute atomic E-state index is 0.225. The van der Waals surface area contributed by atoms with E-state index in [0.29, 0.717) is 12.1 Å². The Morgan fingerprint density at radius 3 is 2.00 bits per heavy atom. The summed E-state index contributed by atoms with van der Waals surface area (Å²) in [5.41, 5.74) is -2.05. The van der Waals surface area contributed by atoms with Gasteiger partial charge in [-0.1, -0.05) is 23.2 Å². The van der Waals surface area contributed by atoms with Crippen LogP contribution in [-0.4, -0.2) is 16.0 Å². The Morgan fingerprint density at radius 2 is 1.59 bits per heavy atom. The van der Waals surface area contributed by atoms with Crippen molar-refractivity contribution in [1.29, 1.82) is 5.26 Å². The van der Waals surface area contributed by atoms with Gasteiger partial charge in [0.15, 0.2) is 5.69 Å². The van der Waals surface area contributed by atoms with Crippen LogP contribution in [0.3, 0.4) is 0 Å². The largest absolute Gasteiger partial charge is 0.423 e. The first-order valence-electron chi connectivity index (χ1n) is 6.46. The first-order valence-corrected chi connectivity index (χ1v) is 8.80. The van der Waals surface area contributed by atoms with Gasteiger partial charge in [0.05, 0.1) is 15.6 Å². The van der Waals surface area contributed by atoms with Crippen molar-refractivity contribution in [3.63, 3.8) is 0 Å². The third-order valence-electron chi connectivity index (χ3n) is 3.07. The fraction of sp³-hybridized carbons (Fsp3) is 0.143. The smallest absolute Gasteiger partial charge is 0.236 e. The summed E-state index contributed by atoms with van der Waals surface area (Å²) in [5, 5.41) is 12.0. The zero-order valence-electron chi connectivity index (χ0n) is 12.4. The summed E-state index contributed by atoms with van der Waals surface area (Å²) in [6.45, 7) is 0. The van der Waals surface area contributed by atoms with Crippen molar-refractivity contribution in [1.82, 2.24) is 9.78 Å². The molecule has 0 spiro atoms. The number of nitriles is 1. The maximum Gasteiger partial charge on any atom is 0.423 e. The Hall–Kier alpha value is -1.22. The Balaban J connectivity index is 2.68. The molecule has 0 aliphatic rings. The lowest BCUT2D eigenvalue weighted by atomic mass is 10.2. The Bertz CT molecular complexity index is 950. The van der Waals surface area contributed by atoms with E-state index in [2.05, 4.69) is 37.0 Å². The van der Waals surface area contributed by atoms with Gasteiger partial charge in [-0.3, -0.25) is 0 Å². The van der Waals surface area contributed by atoms with Crippen LogP contribution in [0.4, 0.5) is 26.3 Å². The maximum absolute atomic E-state index is 12.8. The summed E-state index contributed by atoms with van der Waals surface area (Å²) in [6, 6.07) is 2.78. The van der Waals surface area contributed by atoms with Crippen molar-refractivity contribution in [2.75, 3.05) is 0 Å². The maximum atomic E-state index is 12.8. The zero-order chi connectivity index (χ0) is 20.7. The Morgan fingerprint density at radius 1 is 1.07 bits per heavy atom. The summed E-state index contributed by atoms with van der Waals surface area (Å²) in [7, 11) is 0. The molecule has 0 aliphatic carbocycles. The molecule has 144 valence electrons. The van der Waals surface area contributed by atoms with E-state index in [1.165, 1.54) is 0 Å². The topological polar surface area (TPSA) is 41.6 Å². The van der Waals surface area contributed by atoms with Gasteiger partial charge in [-0.25, -0.2) is 4.68 Å². The van der Waals surface area contributed by atoms with Gasteiger partial charge in [0, 0.05) is 16.2 Å². The summed E-state index contributed by atoms with van der Waals surface area (Å²) in [4.78, 5) is 0. The van der Waals surface area contributed by atoms with Crippen molar-refractivity contribution in [2.45, 2.75) is 12.4 Å². The molecule has 0 amide bonds. The van der Waals surface area contributed by atoms with Crippen LogP contribution in [0.1, 0.15) is 16.8 Å². The zero-order valence-corrected chi connectivity index (χ0v) is 17.0. The predicted molar refractivity (Wildman–Crippen MR) is 94.1 cm³/mol. The summed E-state index contributed by atoms with van der Waals surface area (Å²) >= 11 is 16.8. The standard InChI is InChI=1S/C14H3Br2Cl2F6N3/c15-10(12(16)14(22,23)24)6-4-27(26-9(6)3-25)11-7(17)1-5(2-8(11)18)13(19,20)21/h1-2,4H. The van der Waals surface area contributed by atoms with E-state index in [1.807, 2.05) is 0 Å². The number of rotatable bonds is 2. The molecule has 13 heteroatoms. The van der Waals surface area contributed by atoms with Gasteiger partial charge >= 0.3 is 12.4 Å². The Labute approximate surface area is 174 Å². The second kappa shape index (κ2) is 7.66. The van der Waals surface area contributed by atoms with Crippen LogP contribution in [0, 0.1) is 11.3 Å². The molecule has 0 saturated carbocycles. The molecule has 0 aliphatic heterocycles. The molecule has 2 aromatic rings. The van der Waals surface area contributed by atoms with Gasteiger partial charge in [-0.2, -0.15) is 36.7 Å². The lowest BCUT2D eigenvalue weighted by Gasteiger charge is -2.12.